The van der Waals surface area contributed by atoms with Crippen molar-refractivity contribution >= 4 is 0 Å². The van der Waals surface area contributed by atoms with Crippen LogP contribution < -0.4 is 5.73 Å². The van der Waals surface area contributed by atoms with Gasteiger partial charge in [0, 0.05) is 19.4 Å². The normalized spacial score (nSPS) is 23.9. The van der Waals surface area contributed by atoms with Crippen molar-refractivity contribution in [3.05, 3.63) is 12.2 Å². The molecule has 0 bridgehead atoms. The van der Waals surface area contributed by atoms with Gasteiger partial charge in [0.1, 0.15) is 0 Å². The molecule has 1 fully saturated rings. The lowest BCUT2D eigenvalue weighted by molar-refractivity contribution is -0.0421. The minimum Gasteiger partial charge on any atom is -0.327 e. The van der Waals surface area contributed by atoms with E-state index in [2.05, 4.69) is 6.58 Å². The predicted octanol–water partition coefficient (Wildman–Crippen LogP) is 2.33. The van der Waals surface area contributed by atoms with Gasteiger partial charge < -0.3 is 5.73 Å². The van der Waals surface area contributed by atoms with Crippen molar-refractivity contribution in [2.45, 2.75) is 31.6 Å². The summed E-state index contributed by atoms with van der Waals surface area (Å²) >= 11 is 0. The Balaban J connectivity index is 2.41. The Morgan fingerprint density at radius 3 is 2.33 bits per heavy atom. The van der Waals surface area contributed by atoms with Crippen LogP contribution in [0.5, 0.6) is 0 Å². The van der Waals surface area contributed by atoms with Crippen LogP contribution in [-0.4, -0.2) is 12.5 Å². The summed E-state index contributed by atoms with van der Waals surface area (Å²) in [5.74, 6) is -2.21. The van der Waals surface area contributed by atoms with Crippen LogP contribution in [0.1, 0.15) is 25.7 Å². The van der Waals surface area contributed by atoms with E-state index >= 15 is 0 Å². The topological polar surface area (TPSA) is 26.0 Å². The van der Waals surface area contributed by atoms with Crippen molar-refractivity contribution in [3.63, 3.8) is 0 Å². The smallest absolute Gasteiger partial charge is 0.248 e. The van der Waals surface area contributed by atoms with Crippen LogP contribution in [0.4, 0.5) is 8.78 Å². The minimum absolute atomic E-state index is 0.00329. The molecule has 0 aromatic carbocycles. The van der Waals surface area contributed by atoms with Crippen molar-refractivity contribution in [2.24, 2.45) is 11.7 Å². The molecule has 0 saturated heterocycles. The van der Waals surface area contributed by atoms with E-state index in [9.17, 15) is 8.78 Å². The second-order valence-corrected chi connectivity index (χ2v) is 3.49. The van der Waals surface area contributed by atoms with Gasteiger partial charge in [0.2, 0.25) is 5.92 Å². The zero-order valence-electron chi connectivity index (χ0n) is 7.15. The third-order valence-corrected chi connectivity index (χ3v) is 2.56. The highest BCUT2D eigenvalue weighted by Gasteiger charge is 2.35. The fraction of sp³-hybridized carbons (Fsp3) is 0.778. The fourth-order valence-electron chi connectivity index (χ4n) is 1.62. The molecule has 12 heavy (non-hydrogen) atoms. The SMILES string of the molecule is C=C(CN)C1CCC(F)(F)CC1. The summed E-state index contributed by atoms with van der Waals surface area (Å²) in [7, 11) is 0. The number of rotatable bonds is 2. The lowest BCUT2D eigenvalue weighted by atomic mass is 9.82. The summed E-state index contributed by atoms with van der Waals surface area (Å²) in [5, 5.41) is 0. The molecule has 70 valence electrons. The number of alkyl halides is 2. The van der Waals surface area contributed by atoms with Crippen LogP contribution in [0, 0.1) is 5.92 Å². The summed E-state index contributed by atoms with van der Waals surface area (Å²) in [6.45, 7) is 4.20. The van der Waals surface area contributed by atoms with Crippen molar-refractivity contribution in [1.29, 1.82) is 0 Å². The van der Waals surface area contributed by atoms with E-state index in [1.807, 2.05) is 0 Å². The second-order valence-electron chi connectivity index (χ2n) is 3.49. The van der Waals surface area contributed by atoms with Crippen LogP contribution in [0.25, 0.3) is 0 Å². The third-order valence-electron chi connectivity index (χ3n) is 2.56. The molecular formula is C9H15F2N. The Bertz CT molecular complexity index is 167. The molecule has 0 radical (unpaired) electrons. The highest BCUT2D eigenvalue weighted by molar-refractivity contribution is 5.04. The minimum atomic E-state index is -2.44. The Labute approximate surface area is 71.6 Å². The van der Waals surface area contributed by atoms with Crippen LogP contribution in [-0.2, 0) is 0 Å². The van der Waals surface area contributed by atoms with Gasteiger partial charge in [0.25, 0.3) is 0 Å². The molecule has 0 heterocycles. The van der Waals surface area contributed by atoms with Gasteiger partial charge >= 0.3 is 0 Å². The Morgan fingerprint density at radius 1 is 1.42 bits per heavy atom. The van der Waals surface area contributed by atoms with Gasteiger partial charge in [-0.3, -0.25) is 0 Å². The highest BCUT2D eigenvalue weighted by Crippen LogP contribution is 2.38. The molecule has 1 saturated carbocycles. The molecule has 0 atom stereocenters. The third kappa shape index (κ3) is 2.27. The van der Waals surface area contributed by atoms with Crippen molar-refractivity contribution < 1.29 is 8.78 Å². The van der Waals surface area contributed by atoms with Crippen LogP contribution >= 0.6 is 0 Å². The number of hydrogen-bond acceptors (Lipinski definition) is 1. The Hall–Kier alpha value is -0.440. The van der Waals surface area contributed by atoms with Crippen LogP contribution in [0.15, 0.2) is 12.2 Å². The molecule has 2 N–H and O–H groups in total. The van der Waals surface area contributed by atoms with E-state index in [1.165, 1.54) is 0 Å². The largest absolute Gasteiger partial charge is 0.327 e. The van der Waals surface area contributed by atoms with Gasteiger partial charge in [-0.05, 0) is 18.8 Å². The summed E-state index contributed by atoms with van der Waals surface area (Å²) in [6, 6.07) is 0. The van der Waals surface area contributed by atoms with Gasteiger partial charge in [-0.15, -0.1) is 0 Å². The molecule has 0 spiro atoms. The van der Waals surface area contributed by atoms with Crippen molar-refractivity contribution in [2.75, 3.05) is 6.54 Å². The van der Waals surface area contributed by atoms with E-state index in [0.29, 0.717) is 19.4 Å². The predicted molar refractivity (Wildman–Crippen MR) is 45.1 cm³/mol. The summed E-state index contributed by atoms with van der Waals surface area (Å²) in [4.78, 5) is 0. The summed E-state index contributed by atoms with van der Waals surface area (Å²) in [5.41, 5.74) is 6.31. The average molecular weight is 175 g/mol. The first kappa shape index (κ1) is 9.65. The molecule has 0 unspecified atom stereocenters. The lowest BCUT2D eigenvalue weighted by Gasteiger charge is -2.29. The summed E-state index contributed by atoms with van der Waals surface area (Å²) in [6.07, 6.45) is 1.08. The molecule has 0 aromatic rings. The molecular weight excluding hydrogens is 160 g/mol. The van der Waals surface area contributed by atoms with Gasteiger partial charge in [-0.2, -0.15) is 0 Å². The lowest BCUT2D eigenvalue weighted by Crippen LogP contribution is -2.26. The van der Waals surface area contributed by atoms with E-state index in [-0.39, 0.29) is 18.8 Å². The average Bonchev–Trinajstić information content (AvgIpc) is 2.03. The zero-order chi connectivity index (χ0) is 9.19. The molecule has 1 aliphatic rings. The molecule has 0 amide bonds. The second kappa shape index (κ2) is 3.52. The summed E-state index contributed by atoms with van der Waals surface area (Å²) < 4.78 is 25.4. The van der Waals surface area contributed by atoms with Crippen molar-refractivity contribution in [3.8, 4) is 0 Å². The molecule has 1 nitrogen and oxygen atoms in total. The van der Waals surface area contributed by atoms with Gasteiger partial charge in [-0.25, -0.2) is 8.78 Å². The molecule has 1 aliphatic carbocycles. The highest BCUT2D eigenvalue weighted by atomic mass is 19.3. The first-order valence-corrected chi connectivity index (χ1v) is 4.31. The number of hydrogen-bond donors (Lipinski definition) is 1. The van der Waals surface area contributed by atoms with Crippen LogP contribution in [0.3, 0.4) is 0 Å². The van der Waals surface area contributed by atoms with E-state index in [1.54, 1.807) is 0 Å². The molecule has 0 aliphatic heterocycles. The van der Waals surface area contributed by atoms with E-state index in [4.69, 9.17) is 5.73 Å². The standard InChI is InChI=1S/C9H15F2N/c1-7(6-12)8-2-4-9(10,11)5-3-8/h8H,1-6,12H2. The Kier molecular flexibility index (Phi) is 2.83. The maximum Gasteiger partial charge on any atom is 0.248 e. The first-order chi connectivity index (χ1) is 5.55. The Morgan fingerprint density at radius 2 is 1.92 bits per heavy atom. The number of halogens is 2. The molecule has 1 rings (SSSR count). The maximum absolute atomic E-state index is 12.7. The monoisotopic (exact) mass is 175 g/mol. The molecule has 3 heteroatoms. The number of nitrogens with two attached hydrogens (primary N) is 1. The zero-order valence-corrected chi connectivity index (χ0v) is 7.15. The first-order valence-electron chi connectivity index (χ1n) is 4.31. The van der Waals surface area contributed by atoms with Crippen LogP contribution in [0.2, 0.25) is 0 Å². The van der Waals surface area contributed by atoms with Gasteiger partial charge in [-0.1, -0.05) is 12.2 Å². The fourth-order valence-corrected chi connectivity index (χ4v) is 1.62. The maximum atomic E-state index is 12.7. The van der Waals surface area contributed by atoms with Gasteiger partial charge in [0.15, 0.2) is 0 Å². The van der Waals surface area contributed by atoms with E-state index in [0.717, 1.165) is 5.57 Å². The van der Waals surface area contributed by atoms with E-state index < -0.39 is 5.92 Å². The van der Waals surface area contributed by atoms with Crippen molar-refractivity contribution in [1.82, 2.24) is 0 Å². The quantitative estimate of drug-likeness (QED) is 0.640. The van der Waals surface area contributed by atoms with Gasteiger partial charge in [0.05, 0.1) is 0 Å². The molecule has 0 aromatic heterocycles.